The van der Waals surface area contributed by atoms with Gasteiger partial charge in [-0.1, -0.05) is 0 Å². The van der Waals surface area contributed by atoms with Crippen LogP contribution >= 0.6 is 0 Å². The quantitative estimate of drug-likeness (QED) is 0.807. The second-order valence-electron chi connectivity index (χ2n) is 4.91. The van der Waals surface area contributed by atoms with Gasteiger partial charge in [-0.25, -0.2) is 0 Å². The molecule has 4 heteroatoms. The van der Waals surface area contributed by atoms with Crippen LogP contribution in [0.2, 0.25) is 0 Å². The molecule has 0 spiro atoms. The molecule has 1 heterocycles. The van der Waals surface area contributed by atoms with Crippen LogP contribution in [0.4, 0.5) is 11.4 Å². The Morgan fingerprint density at radius 3 is 2.89 bits per heavy atom. The van der Waals surface area contributed by atoms with E-state index >= 15 is 0 Å². The van der Waals surface area contributed by atoms with Crippen molar-refractivity contribution in [3.63, 3.8) is 0 Å². The van der Waals surface area contributed by atoms with E-state index in [0.29, 0.717) is 6.42 Å². The first kappa shape index (κ1) is 12.9. The third-order valence-corrected chi connectivity index (χ3v) is 3.32. The summed E-state index contributed by atoms with van der Waals surface area (Å²) in [4.78, 5) is 11.9. The lowest BCUT2D eigenvalue weighted by molar-refractivity contribution is -0.118. The van der Waals surface area contributed by atoms with Gasteiger partial charge in [0, 0.05) is 18.0 Å². The van der Waals surface area contributed by atoms with Crippen molar-refractivity contribution in [3.05, 3.63) is 23.3 Å². The van der Waals surface area contributed by atoms with Crippen LogP contribution in [0.5, 0.6) is 0 Å². The Morgan fingerprint density at radius 1 is 1.44 bits per heavy atom. The molecule has 0 bridgehead atoms. The fraction of sp³-hybridized carbons (Fsp3) is 0.500. The van der Waals surface area contributed by atoms with Crippen molar-refractivity contribution < 1.29 is 9.53 Å². The molecule has 1 aromatic carbocycles. The monoisotopic (exact) mass is 248 g/mol. The second-order valence-corrected chi connectivity index (χ2v) is 4.91. The number of carbonyl (C=O) groups excluding carboxylic acids is 1. The fourth-order valence-corrected chi connectivity index (χ4v) is 2.19. The predicted molar refractivity (Wildman–Crippen MR) is 72.5 cm³/mol. The van der Waals surface area contributed by atoms with Crippen molar-refractivity contribution in [1.29, 1.82) is 0 Å². The van der Waals surface area contributed by atoms with E-state index in [1.165, 1.54) is 0 Å². The van der Waals surface area contributed by atoms with Crippen molar-refractivity contribution in [1.82, 2.24) is 0 Å². The van der Waals surface area contributed by atoms with E-state index in [2.05, 4.69) is 5.32 Å². The molecule has 1 fully saturated rings. The normalized spacial score (nSPS) is 18.9. The molecule has 2 rings (SSSR count). The summed E-state index contributed by atoms with van der Waals surface area (Å²) in [5.74, 6) is 0.00849. The number of rotatable bonds is 3. The predicted octanol–water partition coefficient (Wildman–Crippen LogP) is 2.39. The maximum atomic E-state index is 11.9. The first-order valence-electron chi connectivity index (χ1n) is 6.34. The molecule has 1 unspecified atom stereocenters. The smallest absolute Gasteiger partial charge is 0.226 e. The largest absolute Gasteiger partial charge is 0.399 e. The number of nitrogens with one attached hydrogen (secondary N) is 1. The molecule has 0 aliphatic carbocycles. The molecule has 1 atom stereocenters. The minimum absolute atomic E-state index is 0.00849. The summed E-state index contributed by atoms with van der Waals surface area (Å²) in [5, 5.41) is 2.93. The highest BCUT2D eigenvalue weighted by atomic mass is 16.5. The van der Waals surface area contributed by atoms with Crippen LogP contribution in [0, 0.1) is 13.8 Å². The first-order chi connectivity index (χ1) is 8.56. The van der Waals surface area contributed by atoms with Crippen molar-refractivity contribution in [2.45, 2.75) is 39.2 Å². The first-order valence-corrected chi connectivity index (χ1v) is 6.34. The fourth-order valence-electron chi connectivity index (χ4n) is 2.19. The van der Waals surface area contributed by atoms with Crippen LogP contribution in [-0.4, -0.2) is 18.6 Å². The number of anilines is 2. The number of aryl methyl sites for hydroxylation is 2. The van der Waals surface area contributed by atoms with Gasteiger partial charge in [-0.2, -0.15) is 0 Å². The SMILES string of the molecule is Cc1cc(NC(=O)CC2CCCO2)c(C)cc1N. The Kier molecular flexibility index (Phi) is 3.87. The highest BCUT2D eigenvalue weighted by Crippen LogP contribution is 2.23. The Morgan fingerprint density at radius 2 is 2.22 bits per heavy atom. The number of carbonyl (C=O) groups is 1. The summed E-state index contributed by atoms with van der Waals surface area (Å²) in [7, 11) is 0. The molecule has 1 aromatic rings. The van der Waals surface area contributed by atoms with Gasteiger partial charge >= 0.3 is 0 Å². The van der Waals surface area contributed by atoms with E-state index in [0.717, 1.165) is 42.0 Å². The molecule has 1 aliphatic heterocycles. The number of amides is 1. The van der Waals surface area contributed by atoms with Crippen molar-refractivity contribution in [2.24, 2.45) is 0 Å². The lowest BCUT2D eigenvalue weighted by atomic mass is 10.1. The van der Waals surface area contributed by atoms with Gasteiger partial charge in [0.05, 0.1) is 12.5 Å². The maximum Gasteiger partial charge on any atom is 0.226 e. The number of nitrogen functional groups attached to an aromatic ring is 1. The van der Waals surface area contributed by atoms with Gasteiger partial charge in [0.15, 0.2) is 0 Å². The molecule has 0 aromatic heterocycles. The average Bonchev–Trinajstić information content (AvgIpc) is 2.78. The van der Waals surface area contributed by atoms with Gasteiger partial charge < -0.3 is 15.8 Å². The van der Waals surface area contributed by atoms with E-state index in [4.69, 9.17) is 10.5 Å². The molecule has 98 valence electrons. The van der Waals surface area contributed by atoms with Gasteiger partial charge in [-0.15, -0.1) is 0 Å². The molecule has 1 saturated heterocycles. The number of ether oxygens (including phenoxy) is 1. The zero-order valence-corrected chi connectivity index (χ0v) is 11.0. The van der Waals surface area contributed by atoms with E-state index in [-0.39, 0.29) is 12.0 Å². The van der Waals surface area contributed by atoms with Crippen molar-refractivity contribution >= 4 is 17.3 Å². The second kappa shape index (κ2) is 5.40. The van der Waals surface area contributed by atoms with Gasteiger partial charge in [0.25, 0.3) is 0 Å². The Labute approximate surface area is 108 Å². The lowest BCUT2D eigenvalue weighted by Crippen LogP contribution is -2.19. The summed E-state index contributed by atoms with van der Waals surface area (Å²) in [5.41, 5.74) is 9.38. The molecule has 4 nitrogen and oxygen atoms in total. The molecule has 0 radical (unpaired) electrons. The summed E-state index contributed by atoms with van der Waals surface area (Å²) in [6, 6.07) is 3.80. The molecule has 1 aliphatic rings. The summed E-state index contributed by atoms with van der Waals surface area (Å²) < 4.78 is 5.45. The van der Waals surface area contributed by atoms with E-state index < -0.39 is 0 Å². The molecule has 0 saturated carbocycles. The number of benzene rings is 1. The Balaban J connectivity index is 2.00. The van der Waals surface area contributed by atoms with Crippen molar-refractivity contribution in [3.8, 4) is 0 Å². The van der Waals surface area contributed by atoms with E-state index in [1.54, 1.807) is 0 Å². The van der Waals surface area contributed by atoms with Crippen LogP contribution < -0.4 is 11.1 Å². The molecule has 18 heavy (non-hydrogen) atoms. The number of nitrogens with two attached hydrogens (primary N) is 1. The maximum absolute atomic E-state index is 11.9. The minimum atomic E-state index is 0.00849. The highest BCUT2D eigenvalue weighted by molar-refractivity contribution is 5.92. The Hall–Kier alpha value is -1.55. The van der Waals surface area contributed by atoms with Crippen LogP contribution in [0.3, 0.4) is 0 Å². The standard InChI is InChI=1S/C14H20N2O2/c1-9-7-13(10(2)6-12(9)15)16-14(17)8-11-4-3-5-18-11/h6-7,11H,3-5,8,15H2,1-2H3,(H,16,17). The van der Waals surface area contributed by atoms with Crippen molar-refractivity contribution in [2.75, 3.05) is 17.7 Å². The topological polar surface area (TPSA) is 64.3 Å². The van der Waals surface area contributed by atoms with Crippen LogP contribution in [0.15, 0.2) is 12.1 Å². The molecular weight excluding hydrogens is 228 g/mol. The van der Waals surface area contributed by atoms with Crippen LogP contribution in [-0.2, 0) is 9.53 Å². The third kappa shape index (κ3) is 3.01. The van der Waals surface area contributed by atoms with Crippen LogP contribution in [0.1, 0.15) is 30.4 Å². The summed E-state index contributed by atoms with van der Waals surface area (Å²) >= 11 is 0. The summed E-state index contributed by atoms with van der Waals surface area (Å²) in [6.45, 7) is 4.65. The summed E-state index contributed by atoms with van der Waals surface area (Å²) in [6.07, 6.45) is 2.55. The molecule has 1 amide bonds. The van der Waals surface area contributed by atoms with Gasteiger partial charge in [-0.3, -0.25) is 4.79 Å². The average molecular weight is 248 g/mol. The lowest BCUT2D eigenvalue weighted by Gasteiger charge is -2.13. The van der Waals surface area contributed by atoms with Crippen LogP contribution in [0.25, 0.3) is 0 Å². The molecular formula is C14H20N2O2. The highest BCUT2D eigenvalue weighted by Gasteiger charge is 2.19. The Bertz CT molecular complexity index is 451. The zero-order chi connectivity index (χ0) is 13.1. The van der Waals surface area contributed by atoms with Gasteiger partial charge in [0.1, 0.15) is 0 Å². The number of hydrogen-bond donors (Lipinski definition) is 2. The van der Waals surface area contributed by atoms with E-state index in [1.807, 2.05) is 26.0 Å². The zero-order valence-electron chi connectivity index (χ0n) is 11.0. The molecule has 3 N–H and O–H groups in total. The van der Waals surface area contributed by atoms with Gasteiger partial charge in [-0.05, 0) is 49.9 Å². The number of hydrogen-bond acceptors (Lipinski definition) is 3. The minimum Gasteiger partial charge on any atom is -0.399 e. The van der Waals surface area contributed by atoms with Gasteiger partial charge in [0.2, 0.25) is 5.91 Å². The third-order valence-electron chi connectivity index (χ3n) is 3.32. The van der Waals surface area contributed by atoms with E-state index in [9.17, 15) is 4.79 Å².